The third kappa shape index (κ3) is 4.30. The van der Waals surface area contributed by atoms with Crippen molar-refractivity contribution in [3.63, 3.8) is 0 Å². The Bertz CT molecular complexity index is 812. The van der Waals surface area contributed by atoms with Gasteiger partial charge in [0.25, 0.3) is 0 Å². The second-order valence-corrected chi connectivity index (χ2v) is 9.02. The van der Waals surface area contributed by atoms with Gasteiger partial charge < -0.3 is 10.0 Å². The lowest BCUT2D eigenvalue weighted by Gasteiger charge is -2.34. The fourth-order valence-electron chi connectivity index (χ4n) is 3.89. The molecule has 3 rings (SSSR count). The third-order valence-corrected chi connectivity index (χ3v) is 7.13. The molecule has 0 spiro atoms. The van der Waals surface area contributed by atoms with Crippen LogP contribution < -0.4 is 0 Å². The molecule has 2 aliphatic rings. The van der Waals surface area contributed by atoms with Gasteiger partial charge in [-0.25, -0.2) is 12.8 Å². The molecule has 2 fully saturated rings. The van der Waals surface area contributed by atoms with Crippen molar-refractivity contribution in [2.45, 2.75) is 43.0 Å². The Morgan fingerprint density at radius 1 is 1.11 bits per heavy atom. The highest BCUT2D eigenvalue weighted by Crippen LogP contribution is 2.28. The normalized spacial score (nSPS) is 24.1. The zero-order chi connectivity index (χ0) is 19.6. The number of nitrogens with zero attached hydrogens (tertiary/aromatic N) is 2. The predicted octanol–water partition coefficient (Wildman–Crippen LogP) is 1.69. The fourth-order valence-corrected chi connectivity index (χ4v) is 5.42. The van der Waals surface area contributed by atoms with Crippen LogP contribution >= 0.6 is 0 Å². The summed E-state index contributed by atoms with van der Waals surface area (Å²) in [6.07, 6.45) is 2.45. The standard InChI is InChI=1S/C18H23FN2O5S/c19-14-5-7-16(8-6-14)27(25,26)20-9-1-3-13(12-20)18(24)21-10-2-4-15(21)11-17(22)23/h5-8,13,15H,1-4,9-12H2,(H,22,23). The smallest absolute Gasteiger partial charge is 0.305 e. The summed E-state index contributed by atoms with van der Waals surface area (Å²) in [5.41, 5.74) is 0. The van der Waals surface area contributed by atoms with Crippen LogP contribution in [0.25, 0.3) is 0 Å². The van der Waals surface area contributed by atoms with E-state index in [2.05, 4.69) is 0 Å². The van der Waals surface area contributed by atoms with Crippen LogP contribution in [-0.4, -0.2) is 60.3 Å². The van der Waals surface area contributed by atoms with Gasteiger partial charge in [0.1, 0.15) is 5.82 Å². The highest BCUT2D eigenvalue weighted by atomic mass is 32.2. The number of rotatable bonds is 5. The van der Waals surface area contributed by atoms with E-state index in [0.29, 0.717) is 32.4 Å². The molecular weight excluding hydrogens is 375 g/mol. The molecule has 2 heterocycles. The maximum Gasteiger partial charge on any atom is 0.305 e. The number of benzene rings is 1. The Hall–Kier alpha value is -2.00. The molecule has 0 saturated carbocycles. The van der Waals surface area contributed by atoms with Crippen molar-refractivity contribution >= 4 is 21.9 Å². The number of sulfonamides is 1. The van der Waals surface area contributed by atoms with E-state index in [1.54, 1.807) is 4.90 Å². The molecule has 27 heavy (non-hydrogen) atoms. The summed E-state index contributed by atoms with van der Waals surface area (Å²) in [7, 11) is -3.80. The van der Waals surface area contributed by atoms with Crippen LogP contribution in [0.2, 0.25) is 0 Å². The number of carboxylic acids is 1. The summed E-state index contributed by atoms with van der Waals surface area (Å²) in [6, 6.07) is 4.32. The number of halogens is 1. The number of carboxylic acid groups (broad SMARTS) is 1. The van der Waals surface area contributed by atoms with Crippen molar-refractivity contribution in [1.82, 2.24) is 9.21 Å². The maximum absolute atomic E-state index is 13.1. The highest BCUT2D eigenvalue weighted by molar-refractivity contribution is 7.89. The first-order valence-electron chi connectivity index (χ1n) is 9.07. The number of amides is 1. The number of hydrogen-bond donors (Lipinski definition) is 1. The van der Waals surface area contributed by atoms with E-state index in [0.717, 1.165) is 18.6 Å². The van der Waals surface area contributed by atoms with Gasteiger partial charge in [-0.05, 0) is 49.9 Å². The Morgan fingerprint density at radius 2 is 1.78 bits per heavy atom. The molecule has 2 unspecified atom stereocenters. The van der Waals surface area contributed by atoms with Gasteiger partial charge in [0.2, 0.25) is 15.9 Å². The molecule has 2 aliphatic heterocycles. The minimum atomic E-state index is -3.80. The largest absolute Gasteiger partial charge is 0.481 e. The average Bonchev–Trinajstić information content (AvgIpc) is 3.09. The molecule has 0 bridgehead atoms. The number of carbonyl (C=O) groups is 2. The van der Waals surface area contributed by atoms with Gasteiger partial charge in [0.05, 0.1) is 17.2 Å². The molecule has 1 aromatic carbocycles. The van der Waals surface area contributed by atoms with Gasteiger partial charge in [-0.3, -0.25) is 9.59 Å². The van der Waals surface area contributed by atoms with Crippen molar-refractivity contribution in [3.8, 4) is 0 Å². The Balaban J connectivity index is 1.72. The topological polar surface area (TPSA) is 95.0 Å². The predicted molar refractivity (Wildman–Crippen MR) is 94.9 cm³/mol. The van der Waals surface area contributed by atoms with Gasteiger partial charge in [-0.1, -0.05) is 0 Å². The van der Waals surface area contributed by atoms with Crippen LogP contribution in [0.4, 0.5) is 4.39 Å². The molecule has 9 heteroatoms. The Morgan fingerprint density at radius 3 is 2.44 bits per heavy atom. The Labute approximate surface area is 157 Å². The third-order valence-electron chi connectivity index (χ3n) is 5.26. The second kappa shape index (κ2) is 7.93. The minimum Gasteiger partial charge on any atom is -0.481 e. The molecule has 1 aromatic rings. The van der Waals surface area contributed by atoms with Crippen LogP contribution in [0.15, 0.2) is 29.2 Å². The number of hydrogen-bond acceptors (Lipinski definition) is 4. The van der Waals surface area contributed by atoms with Gasteiger partial charge in [-0.2, -0.15) is 4.31 Å². The molecule has 7 nitrogen and oxygen atoms in total. The molecule has 148 valence electrons. The summed E-state index contributed by atoms with van der Waals surface area (Å²) < 4.78 is 40.0. The minimum absolute atomic E-state index is 0.00178. The molecule has 2 atom stereocenters. The second-order valence-electron chi connectivity index (χ2n) is 7.08. The molecule has 2 saturated heterocycles. The van der Waals surface area contributed by atoms with E-state index in [4.69, 9.17) is 5.11 Å². The van der Waals surface area contributed by atoms with Gasteiger partial charge in [0.15, 0.2) is 0 Å². The summed E-state index contributed by atoms with van der Waals surface area (Å²) in [6.45, 7) is 0.884. The monoisotopic (exact) mass is 398 g/mol. The van der Waals surface area contributed by atoms with E-state index >= 15 is 0 Å². The zero-order valence-electron chi connectivity index (χ0n) is 14.9. The first-order valence-corrected chi connectivity index (χ1v) is 10.5. The lowest BCUT2D eigenvalue weighted by atomic mass is 9.97. The molecular formula is C18H23FN2O5S. The number of carbonyl (C=O) groups excluding carboxylic acids is 1. The first kappa shape index (κ1) is 19.8. The van der Waals surface area contributed by atoms with Crippen molar-refractivity contribution in [2.75, 3.05) is 19.6 Å². The Kier molecular flexibility index (Phi) is 5.81. The van der Waals surface area contributed by atoms with Crippen molar-refractivity contribution < 1.29 is 27.5 Å². The first-order chi connectivity index (χ1) is 12.8. The van der Waals surface area contributed by atoms with Crippen molar-refractivity contribution in [2.24, 2.45) is 5.92 Å². The van der Waals surface area contributed by atoms with Crippen LogP contribution in [0.5, 0.6) is 0 Å². The number of piperidine rings is 1. The summed E-state index contributed by atoms with van der Waals surface area (Å²) in [4.78, 5) is 25.5. The lowest BCUT2D eigenvalue weighted by Crippen LogP contribution is -2.48. The SMILES string of the molecule is O=C(O)CC1CCCN1C(=O)C1CCCN(S(=O)(=O)c2ccc(F)cc2)C1. The van der Waals surface area contributed by atoms with Gasteiger partial charge in [-0.15, -0.1) is 0 Å². The molecule has 0 radical (unpaired) electrons. The van der Waals surface area contributed by atoms with E-state index < -0.39 is 27.7 Å². The molecule has 0 aliphatic carbocycles. The fraction of sp³-hybridized carbons (Fsp3) is 0.556. The van der Waals surface area contributed by atoms with E-state index in [1.165, 1.54) is 16.4 Å². The van der Waals surface area contributed by atoms with E-state index in [9.17, 15) is 22.4 Å². The van der Waals surface area contributed by atoms with Gasteiger partial charge in [0, 0.05) is 25.7 Å². The van der Waals surface area contributed by atoms with E-state index in [-0.39, 0.29) is 29.8 Å². The number of likely N-dealkylation sites (tertiary alicyclic amines) is 1. The van der Waals surface area contributed by atoms with Crippen molar-refractivity contribution in [3.05, 3.63) is 30.1 Å². The average molecular weight is 398 g/mol. The van der Waals surface area contributed by atoms with Gasteiger partial charge >= 0.3 is 5.97 Å². The van der Waals surface area contributed by atoms with Crippen LogP contribution in [-0.2, 0) is 19.6 Å². The summed E-state index contributed by atoms with van der Waals surface area (Å²) in [5, 5.41) is 9.03. The maximum atomic E-state index is 13.1. The quantitative estimate of drug-likeness (QED) is 0.815. The van der Waals surface area contributed by atoms with Crippen molar-refractivity contribution in [1.29, 1.82) is 0 Å². The van der Waals surface area contributed by atoms with E-state index in [1.807, 2.05) is 0 Å². The highest BCUT2D eigenvalue weighted by Gasteiger charge is 2.38. The zero-order valence-corrected chi connectivity index (χ0v) is 15.7. The summed E-state index contributed by atoms with van der Waals surface area (Å²) in [5.74, 6) is -2.11. The lowest BCUT2D eigenvalue weighted by molar-refractivity contribution is -0.141. The molecule has 1 amide bonds. The van der Waals surface area contributed by atoms with Crippen LogP contribution in [0.1, 0.15) is 32.1 Å². The van der Waals surface area contributed by atoms with Crippen LogP contribution in [0, 0.1) is 11.7 Å². The molecule has 0 aromatic heterocycles. The van der Waals surface area contributed by atoms with Crippen LogP contribution in [0.3, 0.4) is 0 Å². The summed E-state index contributed by atoms with van der Waals surface area (Å²) >= 11 is 0. The molecule has 1 N–H and O–H groups in total. The number of aliphatic carboxylic acids is 1.